The molecular weight excluding hydrogens is 230 g/mol. The van der Waals surface area contributed by atoms with Crippen LogP contribution in [0.2, 0.25) is 0 Å². The van der Waals surface area contributed by atoms with Crippen molar-refractivity contribution in [3.05, 3.63) is 12.2 Å². The first-order valence-corrected chi connectivity index (χ1v) is 6.70. The molecule has 1 aromatic heterocycles. The summed E-state index contributed by atoms with van der Waals surface area (Å²) in [6.07, 6.45) is 7.59. The van der Waals surface area contributed by atoms with Gasteiger partial charge in [-0.15, -0.1) is 10.2 Å². The number of aromatic nitrogens is 3. The van der Waals surface area contributed by atoms with E-state index in [0.29, 0.717) is 12.6 Å². The molecule has 0 unspecified atom stereocenters. The Morgan fingerprint density at radius 2 is 2.22 bits per heavy atom. The Kier molecular flexibility index (Phi) is 4.55. The van der Waals surface area contributed by atoms with Crippen molar-refractivity contribution in [1.82, 2.24) is 25.4 Å². The average Bonchev–Trinajstić information content (AvgIpc) is 2.85. The molecule has 2 rings (SSSR count). The van der Waals surface area contributed by atoms with Crippen LogP contribution in [0.3, 0.4) is 0 Å². The van der Waals surface area contributed by atoms with Crippen molar-refractivity contribution in [2.45, 2.75) is 58.2 Å². The maximum Gasteiger partial charge on any atom is 0.315 e. The van der Waals surface area contributed by atoms with Crippen molar-refractivity contribution in [1.29, 1.82) is 0 Å². The van der Waals surface area contributed by atoms with Gasteiger partial charge in [0.1, 0.15) is 6.33 Å². The van der Waals surface area contributed by atoms with Crippen LogP contribution in [0.15, 0.2) is 6.33 Å². The Morgan fingerprint density at radius 1 is 1.44 bits per heavy atom. The van der Waals surface area contributed by atoms with Crippen molar-refractivity contribution in [3.8, 4) is 0 Å². The Hall–Kier alpha value is -1.59. The standard InChI is InChI=1S/C12H21N5O/c1-2-17-9-14-16-11(17)8-13-12(18)15-10-6-4-3-5-7-10/h9-10H,2-8H2,1H3,(H2,13,15,18). The third-order valence-electron chi connectivity index (χ3n) is 3.38. The first kappa shape index (κ1) is 12.9. The largest absolute Gasteiger partial charge is 0.335 e. The second kappa shape index (κ2) is 6.37. The second-order valence-corrected chi connectivity index (χ2v) is 4.70. The molecule has 0 spiro atoms. The highest BCUT2D eigenvalue weighted by Crippen LogP contribution is 2.17. The molecular formula is C12H21N5O. The van der Waals surface area contributed by atoms with Crippen LogP contribution >= 0.6 is 0 Å². The van der Waals surface area contributed by atoms with Crippen molar-refractivity contribution in [3.63, 3.8) is 0 Å². The summed E-state index contributed by atoms with van der Waals surface area (Å²) in [6.45, 7) is 3.26. The summed E-state index contributed by atoms with van der Waals surface area (Å²) in [5.41, 5.74) is 0. The van der Waals surface area contributed by atoms with E-state index in [2.05, 4.69) is 20.8 Å². The molecule has 0 atom stereocenters. The maximum atomic E-state index is 11.7. The van der Waals surface area contributed by atoms with Gasteiger partial charge < -0.3 is 15.2 Å². The van der Waals surface area contributed by atoms with Crippen molar-refractivity contribution < 1.29 is 4.79 Å². The van der Waals surface area contributed by atoms with Gasteiger partial charge in [-0.05, 0) is 19.8 Å². The van der Waals surface area contributed by atoms with Crippen LogP contribution < -0.4 is 10.6 Å². The minimum Gasteiger partial charge on any atom is -0.335 e. The normalized spacial score (nSPS) is 16.5. The average molecular weight is 251 g/mol. The van der Waals surface area contributed by atoms with Gasteiger partial charge in [0.05, 0.1) is 6.54 Å². The number of carbonyl (C=O) groups is 1. The molecule has 1 aliphatic rings. The van der Waals surface area contributed by atoms with Crippen LogP contribution in [0.25, 0.3) is 0 Å². The minimum absolute atomic E-state index is 0.104. The molecule has 0 radical (unpaired) electrons. The first-order chi connectivity index (χ1) is 8.79. The molecule has 0 bridgehead atoms. The van der Waals surface area contributed by atoms with E-state index < -0.39 is 0 Å². The third kappa shape index (κ3) is 3.45. The number of aryl methyl sites for hydroxylation is 1. The van der Waals surface area contributed by atoms with Gasteiger partial charge in [-0.3, -0.25) is 0 Å². The summed E-state index contributed by atoms with van der Waals surface area (Å²) in [4.78, 5) is 11.7. The van der Waals surface area contributed by atoms with Gasteiger partial charge in [0, 0.05) is 12.6 Å². The fourth-order valence-electron chi connectivity index (χ4n) is 2.32. The van der Waals surface area contributed by atoms with Crippen LogP contribution in [0.5, 0.6) is 0 Å². The lowest BCUT2D eigenvalue weighted by molar-refractivity contribution is 0.232. The Bertz CT molecular complexity index is 384. The van der Waals surface area contributed by atoms with Crippen molar-refractivity contribution in [2.24, 2.45) is 0 Å². The summed E-state index contributed by atoms with van der Waals surface area (Å²) in [5.74, 6) is 0.788. The van der Waals surface area contributed by atoms with Crippen molar-refractivity contribution in [2.75, 3.05) is 0 Å². The summed E-state index contributed by atoms with van der Waals surface area (Å²) < 4.78 is 1.92. The van der Waals surface area contributed by atoms with Crippen molar-refractivity contribution >= 4 is 6.03 Å². The monoisotopic (exact) mass is 251 g/mol. The van der Waals surface area contributed by atoms with Gasteiger partial charge in [0.25, 0.3) is 0 Å². The highest BCUT2D eigenvalue weighted by atomic mass is 16.2. The molecule has 0 saturated heterocycles. The molecule has 1 aromatic rings. The summed E-state index contributed by atoms with van der Waals surface area (Å²) in [6, 6.07) is 0.232. The molecule has 1 saturated carbocycles. The van der Waals surface area contributed by atoms with E-state index >= 15 is 0 Å². The van der Waals surface area contributed by atoms with Gasteiger partial charge in [0.15, 0.2) is 5.82 Å². The number of carbonyl (C=O) groups excluding carboxylic acids is 1. The number of nitrogens with zero attached hydrogens (tertiary/aromatic N) is 3. The third-order valence-corrected chi connectivity index (χ3v) is 3.38. The maximum absolute atomic E-state index is 11.7. The van der Waals surface area contributed by atoms with E-state index in [1.165, 1.54) is 19.3 Å². The number of hydrogen-bond donors (Lipinski definition) is 2. The molecule has 1 aliphatic carbocycles. The Labute approximate surface area is 107 Å². The highest BCUT2D eigenvalue weighted by molar-refractivity contribution is 5.74. The van der Waals surface area contributed by atoms with E-state index in [1.807, 2.05) is 11.5 Å². The zero-order valence-electron chi connectivity index (χ0n) is 10.9. The van der Waals surface area contributed by atoms with E-state index in [9.17, 15) is 4.79 Å². The SMILES string of the molecule is CCn1cnnc1CNC(=O)NC1CCCCC1. The quantitative estimate of drug-likeness (QED) is 0.850. The number of amides is 2. The summed E-state index contributed by atoms with van der Waals surface area (Å²) in [7, 11) is 0. The fourth-order valence-corrected chi connectivity index (χ4v) is 2.32. The number of hydrogen-bond acceptors (Lipinski definition) is 3. The fraction of sp³-hybridized carbons (Fsp3) is 0.750. The second-order valence-electron chi connectivity index (χ2n) is 4.70. The van der Waals surface area contributed by atoms with E-state index in [1.54, 1.807) is 6.33 Å². The van der Waals surface area contributed by atoms with Crippen LogP contribution in [0, 0.1) is 0 Å². The zero-order chi connectivity index (χ0) is 12.8. The molecule has 6 nitrogen and oxygen atoms in total. The van der Waals surface area contributed by atoms with Gasteiger partial charge in [-0.25, -0.2) is 4.79 Å². The lowest BCUT2D eigenvalue weighted by atomic mass is 9.96. The molecule has 6 heteroatoms. The minimum atomic E-state index is -0.104. The van der Waals surface area contributed by atoms with Gasteiger partial charge in [-0.1, -0.05) is 19.3 Å². The van der Waals surface area contributed by atoms with E-state index in [0.717, 1.165) is 25.2 Å². The lowest BCUT2D eigenvalue weighted by Crippen LogP contribution is -2.42. The lowest BCUT2D eigenvalue weighted by Gasteiger charge is -2.22. The smallest absolute Gasteiger partial charge is 0.315 e. The van der Waals surface area contributed by atoms with Crippen LogP contribution in [0.4, 0.5) is 4.79 Å². The Morgan fingerprint density at radius 3 is 2.94 bits per heavy atom. The van der Waals surface area contributed by atoms with Crippen LogP contribution in [0.1, 0.15) is 44.9 Å². The number of urea groups is 1. The van der Waals surface area contributed by atoms with Gasteiger partial charge in [0.2, 0.25) is 0 Å². The van der Waals surface area contributed by atoms with E-state index in [4.69, 9.17) is 0 Å². The molecule has 18 heavy (non-hydrogen) atoms. The highest BCUT2D eigenvalue weighted by Gasteiger charge is 2.15. The molecule has 2 N–H and O–H groups in total. The molecule has 100 valence electrons. The Balaban J connectivity index is 1.74. The topological polar surface area (TPSA) is 71.8 Å². The number of rotatable bonds is 4. The first-order valence-electron chi connectivity index (χ1n) is 6.70. The van der Waals surface area contributed by atoms with Crippen LogP contribution in [-0.4, -0.2) is 26.8 Å². The summed E-state index contributed by atoms with van der Waals surface area (Å²) in [5, 5.41) is 13.6. The molecule has 1 heterocycles. The predicted octanol–water partition coefficient (Wildman–Crippen LogP) is 1.43. The molecule has 1 fully saturated rings. The molecule has 0 aliphatic heterocycles. The van der Waals surface area contributed by atoms with E-state index in [-0.39, 0.29) is 6.03 Å². The molecule has 0 aromatic carbocycles. The predicted molar refractivity (Wildman–Crippen MR) is 67.9 cm³/mol. The summed E-state index contributed by atoms with van der Waals surface area (Å²) >= 11 is 0. The number of nitrogens with one attached hydrogen (secondary N) is 2. The van der Waals surface area contributed by atoms with Gasteiger partial charge in [-0.2, -0.15) is 0 Å². The zero-order valence-corrected chi connectivity index (χ0v) is 10.9. The van der Waals surface area contributed by atoms with Gasteiger partial charge >= 0.3 is 6.03 Å². The van der Waals surface area contributed by atoms with Crippen LogP contribution in [-0.2, 0) is 13.1 Å². The molecule has 2 amide bonds.